The summed E-state index contributed by atoms with van der Waals surface area (Å²) in [4.78, 5) is 14.3. The first-order chi connectivity index (χ1) is 9.56. The first kappa shape index (κ1) is 17.8. The number of rotatable bonds is 4. The Morgan fingerprint density at radius 3 is 2.90 bits per heavy atom. The van der Waals surface area contributed by atoms with Crippen molar-refractivity contribution in [2.45, 2.75) is 39.3 Å². The second-order valence-corrected chi connectivity index (χ2v) is 5.63. The molecule has 1 atom stereocenters. The van der Waals surface area contributed by atoms with Crippen molar-refractivity contribution in [2.75, 3.05) is 19.6 Å². The molecule has 5 heteroatoms. The van der Waals surface area contributed by atoms with Crippen LogP contribution >= 0.6 is 12.4 Å². The van der Waals surface area contributed by atoms with Crippen molar-refractivity contribution < 1.29 is 9.53 Å². The van der Waals surface area contributed by atoms with E-state index in [0.29, 0.717) is 6.42 Å². The number of hydrogen-bond acceptors (Lipinski definition) is 3. The maximum Gasteiger partial charge on any atom is 0.227 e. The molecule has 1 aromatic carbocycles. The Kier molecular flexibility index (Phi) is 6.99. The van der Waals surface area contributed by atoms with Crippen molar-refractivity contribution in [1.29, 1.82) is 0 Å². The first-order valence-electron chi connectivity index (χ1n) is 7.32. The quantitative estimate of drug-likeness (QED) is 0.927. The molecule has 1 N–H and O–H groups in total. The fourth-order valence-corrected chi connectivity index (χ4v) is 2.49. The van der Waals surface area contributed by atoms with Crippen molar-refractivity contribution in [3.63, 3.8) is 0 Å². The van der Waals surface area contributed by atoms with Crippen LogP contribution in [0.25, 0.3) is 0 Å². The number of benzene rings is 1. The van der Waals surface area contributed by atoms with Crippen LogP contribution in [0.2, 0.25) is 0 Å². The van der Waals surface area contributed by atoms with Gasteiger partial charge in [0.05, 0.1) is 12.5 Å². The lowest BCUT2D eigenvalue weighted by atomic mass is 10.1. The van der Waals surface area contributed by atoms with Crippen molar-refractivity contribution in [1.82, 2.24) is 10.2 Å². The summed E-state index contributed by atoms with van der Waals surface area (Å²) in [5.41, 5.74) is 1.01. The van der Waals surface area contributed by atoms with Gasteiger partial charge in [-0.2, -0.15) is 0 Å². The molecule has 0 bridgehead atoms. The fourth-order valence-electron chi connectivity index (χ4n) is 2.49. The third-order valence-corrected chi connectivity index (χ3v) is 3.45. The summed E-state index contributed by atoms with van der Waals surface area (Å²) in [7, 11) is 0. The van der Waals surface area contributed by atoms with E-state index in [-0.39, 0.29) is 30.5 Å². The molecule has 1 aliphatic rings. The predicted molar refractivity (Wildman–Crippen MR) is 87.2 cm³/mol. The van der Waals surface area contributed by atoms with E-state index >= 15 is 0 Å². The van der Waals surface area contributed by atoms with Gasteiger partial charge in [0.1, 0.15) is 5.75 Å². The molecular weight excluding hydrogens is 288 g/mol. The minimum absolute atomic E-state index is 0. The number of hydrogen-bond donors (Lipinski definition) is 1. The Labute approximate surface area is 133 Å². The Morgan fingerprint density at radius 1 is 1.48 bits per heavy atom. The SMILES string of the molecule is CC(C)Oc1cccc(CC(=O)N2CCNC[C@@H]2C)c1.Cl. The third-order valence-electron chi connectivity index (χ3n) is 3.45. The molecule has 2 rings (SSSR count). The smallest absolute Gasteiger partial charge is 0.227 e. The van der Waals surface area contributed by atoms with Gasteiger partial charge in [-0.25, -0.2) is 0 Å². The zero-order chi connectivity index (χ0) is 14.5. The molecule has 4 nitrogen and oxygen atoms in total. The zero-order valence-corrected chi connectivity index (χ0v) is 13.8. The molecule has 1 saturated heterocycles. The lowest BCUT2D eigenvalue weighted by Crippen LogP contribution is -2.52. The number of halogens is 1. The van der Waals surface area contributed by atoms with Crippen molar-refractivity contribution in [3.05, 3.63) is 29.8 Å². The predicted octanol–water partition coefficient (Wildman–Crippen LogP) is 2.26. The lowest BCUT2D eigenvalue weighted by Gasteiger charge is -2.34. The molecular formula is C16H25ClN2O2. The van der Waals surface area contributed by atoms with Crippen LogP contribution in [-0.2, 0) is 11.2 Å². The van der Waals surface area contributed by atoms with Crippen LogP contribution in [-0.4, -0.2) is 42.6 Å². The molecule has 118 valence electrons. The summed E-state index contributed by atoms with van der Waals surface area (Å²) >= 11 is 0. The molecule has 0 spiro atoms. The monoisotopic (exact) mass is 312 g/mol. The Balaban J connectivity index is 0.00000220. The Morgan fingerprint density at radius 2 is 2.24 bits per heavy atom. The summed E-state index contributed by atoms with van der Waals surface area (Å²) in [5, 5.41) is 3.30. The molecule has 1 aliphatic heterocycles. The number of amides is 1. The molecule has 0 aromatic heterocycles. The van der Waals surface area contributed by atoms with E-state index in [1.54, 1.807) is 0 Å². The molecule has 1 amide bonds. The molecule has 0 aliphatic carbocycles. The average molecular weight is 313 g/mol. The first-order valence-corrected chi connectivity index (χ1v) is 7.32. The highest BCUT2D eigenvalue weighted by molar-refractivity contribution is 5.85. The van der Waals surface area contributed by atoms with Gasteiger partial charge in [-0.3, -0.25) is 4.79 Å². The van der Waals surface area contributed by atoms with Crippen molar-refractivity contribution in [3.8, 4) is 5.75 Å². The van der Waals surface area contributed by atoms with E-state index in [0.717, 1.165) is 30.9 Å². The minimum Gasteiger partial charge on any atom is -0.491 e. The second kappa shape index (κ2) is 8.25. The number of nitrogens with one attached hydrogen (secondary N) is 1. The van der Waals surface area contributed by atoms with Crippen molar-refractivity contribution >= 4 is 18.3 Å². The Bertz CT molecular complexity index is 465. The van der Waals surface area contributed by atoms with Crippen LogP contribution in [0.1, 0.15) is 26.3 Å². The molecule has 1 heterocycles. The summed E-state index contributed by atoms with van der Waals surface area (Å²) in [6, 6.07) is 8.09. The maximum absolute atomic E-state index is 12.4. The van der Waals surface area contributed by atoms with Crippen LogP contribution in [0.5, 0.6) is 5.75 Å². The zero-order valence-electron chi connectivity index (χ0n) is 13.0. The molecule has 0 radical (unpaired) electrons. The van der Waals surface area contributed by atoms with Gasteiger partial charge in [0.15, 0.2) is 0 Å². The van der Waals surface area contributed by atoms with Crippen LogP contribution in [0.3, 0.4) is 0 Å². The average Bonchev–Trinajstić information content (AvgIpc) is 2.38. The molecule has 1 fully saturated rings. The second-order valence-electron chi connectivity index (χ2n) is 5.63. The standard InChI is InChI=1S/C16H24N2O2.ClH/c1-12(2)20-15-6-4-5-14(9-15)10-16(19)18-8-7-17-11-13(18)3;/h4-6,9,12-13,17H,7-8,10-11H2,1-3H3;1H/t13-;/m0./s1. The molecule has 0 saturated carbocycles. The van der Waals surface area contributed by atoms with Crippen LogP contribution < -0.4 is 10.1 Å². The molecule has 1 aromatic rings. The Hall–Kier alpha value is -1.26. The van der Waals surface area contributed by atoms with E-state index in [1.807, 2.05) is 43.0 Å². The number of nitrogens with zero attached hydrogens (tertiary/aromatic N) is 1. The third kappa shape index (κ3) is 5.21. The van der Waals surface area contributed by atoms with Gasteiger partial charge in [0.2, 0.25) is 5.91 Å². The van der Waals surface area contributed by atoms with Gasteiger partial charge >= 0.3 is 0 Å². The number of piperazine rings is 1. The van der Waals surface area contributed by atoms with Gasteiger partial charge in [0.25, 0.3) is 0 Å². The van der Waals surface area contributed by atoms with Gasteiger partial charge in [-0.1, -0.05) is 12.1 Å². The number of carbonyl (C=O) groups excluding carboxylic acids is 1. The van der Waals surface area contributed by atoms with Gasteiger partial charge in [0, 0.05) is 25.7 Å². The summed E-state index contributed by atoms with van der Waals surface area (Å²) in [6.07, 6.45) is 0.591. The topological polar surface area (TPSA) is 41.6 Å². The molecule has 0 unspecified atom stereocenters. The highest BCUT2D eigenvalue weighted by Gasteiger charge is 2.22. The van der Waals surface area contributed by atoms with Crippen LogP contribution in [0.15, 0.2) is 24.3 Å². The number of ether oxygens (including phenoxy) is 1. The number of carbonyl (C=O) groups is 1. The molecule has 21 heavy (non-hydrogen) atoms. The van der Waals surface area contributed by atoms with E-state index in [1.165, 1.54) is 0 Å². The van der Waals surface area contributed by atoms with E-state index in [2.05, 4.69) is 12.2 Å². The normalized spacial score (nSPS) is 18.3. The summed E-state index contributed by atoms with van der Waals surface area (Å²) in [5.74, 6) is 1.03. The van der Waals surface area contributed by atoms with E-state index in [9.17, 15) is 4.79 Å². The van der Waals surface area contributed by atoms with Gasteiger partial charge in [-0.15, -0.1) is 12.4 Å². The van der Waals surface area contributed by atoms with Gasteiger partial charge in [-0.05, 0) is 38.5 Å². The van der Waals surface area contributed by atoms with Gasteiger partial charge < -0.3 is 15.0 Å². The van der Waals surface area contributed by atoms with Crippen LogP contribution in [0, 0.1) is 0 Å². The lowest BCUT2D eigenvalue weighted by molar-refractivity contribution is -0.133. The van der Waals surface area contributed by atoms with E-state index in [4.69, 9.17) is 4.74 Å². The highest BCUT2D eigenvalue weighted by Crippen LogP contribution is 2.16. The largest absolute Gasteiger partial charge is 0.491 e. The van der Waals surface area contributed by atoms with Crippen molar-refractivity contribution in [2.24, 2.45) is 0 Å². The summed E-state index contributed by atoms with van der Waals surface area (Å²) in [6.45, 7) is 8.64. The highest BCUT2D eigenvalue weighted by atomic mass is 35.5. The summed E-state index contributed by atoms with van der Waals surface area (Å²) < 4.78 is 5.67. The van der Waals surface area contributed by atoms with Crippen LogP contribution in [0.4, 0.5) is 0 Å². The fraction of sp³-hybridized carbons (Fsp3) is 0.562. The van der Waals surface area contributed by atoms with E-state index < -0.39 is 0 Å². The maximum atomic E-state index is 12.4. The minimum atomic E-state index is 0.